The summed E-state index contributed by atoms with van der Waals surface area (Å²) >= 11 is 1.46. The summed E-state index contributed by atoms with van der Waals surface area (Å²) in [5.74, 6) is 0.450. The first-order valence-electron chi connectivity index (χ1n) is 7.85. The Balaban J connectivity index is 1.42. The second-order valence-corrected chi connectivity index (χ2v) is 7.02. The van der Waals surface area contributed by atoms with Crippen molar-refractivity contribution < 1.29 is 9.59 Å². The van der Waals surface area contributed by atoms with E-state index in [0.29, 0.717) is 17.1 Å². The van der Waals surface area contributed by atoms with Crippen LogP contribution in [0, 0.1) is 5.92 Å². The third-order valence-electron chi connectivity index (χ3n) is 4.10. The van der Waals surface area contributed by atoms with Gasteiger partial charge in [0.1, 0.15) is 0 Å². The lowest BCUT2D eigenvalue weighted by Crippen LogP contribution is -2.44. The molecule has 1 aromatic rings. The van der Waals surface area contributed by atoms with Crippen LogP contribution in [0.5, 0.6) is 0 Å². The molecule has 2 amide bonds. The smallest absolute Gasteiger partial charge is 0.223 e. The SMILES string of the molecule is CC(=O)Nc1nc(CN2CCC(NC(=O)C3CC3)CC2)cs1. The van der Waals surface area contributed by atoms with Gasteiger partial charge >= 0.3 is 0 Å². The lowest BCUT2D eigenvalue weighted by molar-refractivity contribution is -0.123. The molecule has 2 fully saturated rings. The molecule has 0 radical (unpaired) electrons. The standard InChI is InChI=1S/C15H22N4O2S/c1-10(20)16-15-18-13(9-22-15)8-19-6-4-12(5-7-19)17-14(21)11-2-3-11/h9,11-12H,2-8H2,1H3,(H,17,21)(H,16,18,20). The highest BCUT2D eigenvalue weighted by atomic mass is 32.1. The largest absolute Gasteiger partial charge is 0.353 e. The molecule has 2 N–H and O–H groups in total. The molecule has 7 heteroatoms. The van der Waals surface area contributed by atoms with Crippen LogP contribution < -0.4 is 10.6 Å². The Bertz CT molecular complexity index is 547. The van der Waals surface area contributed by atoms with E-state index in [4.69, 9.17) is 0 Å². The Morgan fingerprint density at radius 1 is 1.32 bits per heavy atom. The first-order chi connectivity index (χ1) is 10.6. The average Bonchev–Trinajstić information content (AvgIpc) is 3.24. The summed E-state index contributed by atoms with van der Waals surface area (Å²) < 4.78 is 0. The molecule has 1 saturated heterocycles. The average molecular weight is 322 g/mol. The van der Waals surface area contributed by atoms with E-state index < -0.39 is 0 Å². The van der Waals surface area contributed by atoms with Gasteiger partial charge < -0.3 is 10.6 Å². The van der Waals surface area contributed by atoms with Crippen LogP contribution in [-0.4, -0.2) is 40.8 Å². The van der Waals surface area contributed by atoms with Crippen LogP contribution in [0.4, 0.5) is 5.13 Å². The number of carbonyl (C=O) groups is 2. The zero-order valence-corrected chi connectivity index (χ0v) is 13.6. The summed E-state index contributed by atoms with van der Waals surface area (Å²) in [6, 6.07) is 0.328. The number of anilines is 1. The highest BCUT2D eigenvalue weighted by molar-refractivity contribution is 7.13. The molecule has 1 aromatic heterocycles. The normalized spacial score (nSPS) is 19.9. The quantitative estimate of drug-likeness (QED) is 0.863. The highest BCUT2D eigenvalue weighted by Crippen LogP contribution is 2.29. The number of carbonyl (C=O) groups excluding carboxylic acids is 2. The van der Waals surface area contributed by atoms with E-state index in [1.165, 1.54) is 18.3 Å². The summed E-state index contributed by atoms with van der Waals surface area (Å²) in [4.78, 5) is 29.5. The number of aromatic nitrogens is 1. The molecule has 1 saturated carbocycles. The van der Waals surface area contributed by atoms with Crippen molar-refractivity contribution in [1.82, 2.24) is 15.2 Å². The Labute approximate surface area is 134 Å². The predicted octanol–water partition coefficient (Wildman–Crippen LogP) is 1.59. The number of hydrogen-bond donors (Lipinski definition) is 2. The lowest BCUT2D eigenvalue weighted by atomic mass is 10.0. The molecule has 0 atom stereocenters. The van der Waals surface area contributed by atoms with E-state index in [1.54, 1.807) is 0 Å². The Hall–Kier alpha value is -1.47. The van der Waals surface area contributed by atoms with Crippen LogP contribution in [0.15, 0.2) is 5.38 Å². The fraction of sp³-hybridized carbons (Fsp3) is 0.667. The molecular weight excluding hydrogens is 300 g/mol. The van der Waals surface area contributed by atoms with Gasteiger partial charge in [0.25, 0.3) is 0 Å². The summed E-state index contributed by atoms with van der Waals surface area (Å²) in [5.41, 5.74) is 0.995. The van der Waals surface area contributed by atoms with Crippen LogP contribution in [-0.2, 0) is 16.1 Å². The molecule has 120 valence electrons. The minimum atomic E-state index is -0.0897. The Kier molecular flexibility index (Phi) is 4.73. The molecule has 0 aromatic carbocycles. The highest BCUT2D eigenvalue weighted by Gasteiger charge is 2.31. The molecule has 0 spiro atoms. The van der Waals surface area contributed by atoms with E-state index >= 15 is 0 Å². The molecule has 0 bridgehead atoms. The van der Waals surface area contributed by atoms with Crippen molar-refractivity contribution >= 4 is 28.3 Å². The maximum atomic E-state index is 11.8. The second-order valence-electron chi connectivity index (χ2n) is 6.16. The Morgan fingerprint density at radius 3 is 2.68 bits per heavy atom. The Morgan fingerprint density at radius 2 is 2.05 bits per heavy atom. The number of nitrogens with zero attached hydrogens (tertiary/aromatic N) is 2. The molecular formula is C15H22N4O2S. The zero-order chi connectivity index (χ0) is 15.5. The van der Waals surface area contributed by atoms with Crippen molar-refractivity contribution in [2.75, 3.05) is 18.4 Å². The number of nitrogens with one attached hydrogen (secondary N) is 2. The van der Waals surface area contributed by atoms with E-state index in [0.717, 1.165) is 51.0 Å². The van der Waals surface area contributed by atoms with Gasteiger partial charge in [-0.25, -0.2) is 4.98 Å². The van der Waals surface area contributed by atoms with Crippen LogP contribution in [0.25, 0.3) is 0 Å². The number of amides is 2. The van der Waals surface area contributed by atoms with Gasteiger partial charge in [-0.05, 0) is 25.7 Å². The molecule has 0 unspecified atom stereocenters. The monoisotopic (exact) mass is 322 g/mol. The molecule has 1 aliphatic carbocycles. The molecule has 1 aliphatic heterocycles. The number of likely N-dealkylation sites (tertiary alicyclic amines) is 1. The van der Waals surface area contributed by atoms with Crippen LogP contribution in [0.2, 0.25) is 0 Å². The number of thiazole rings is 1. The van der Waals surface area contributed by atoms with Gasteiger partial charge in [-0.1, -0.05) is 0 Å². The van der Waals surface area contributed by atoms with E-state index in [1.807, 2.05) is 5.38 Å². The lowest BCUT2D eigenvalue weighted by Gasteiger charge is -2.31. The summed E-state index contributed by atoms with van der Waals surface area (Å²) in [7, 11) is 0. The van der Waals surface area contributed by atoms with Crippen molar-refractivity contribution in [3.63, 3.8) is 0 Å². The summed E-state index contributed by atoms with van der Waals surface area (Å²) in [6.45, 7) is 4.24. The third kappa shape index (κ3) is 4.27. The van der Waals surface area contributed by atoms with Gasteiger partial charge in [-0.15, -0.1) is 11.3 Å². The molecule has 2 heterocycles. The van der Waals surface area contributed by atoms with Gasteiger partial charge in [0.2, 0.25) is 11.8 Å². The van der Waals surface area contributed by atoms with Gasteiger partial charge in [-0.2, -0.15) is 0 Å². The van der Waals surface area contributed by atoms with Crippen molar-refractivity contribution in [2.24, 2.45) is 5.92 Å². The second kappa shape index (κ2) is 6.75. The van der Waals surface area contributed by atoms with E-state index in [-0.39, 0.29) is 11.8 Å². The van der Waals surface area contributed by atoms with Crippen LogP contribution >= 0.6 is 11.3 Å². The predicted molar refractivity (Wildman–Crippen MR) is 85.6 cm³/mol. The number of rotatable bonds is 5. The van der Waals surface area contributed by atoms with Gasteiger partial charge in [0.05, 0.1) is 5.69 Å². The molecule has 6 nitrogen and oxygen atoms in total. The van der Waals surface area contributed by atoms with Crippen molar-refractivity contribution in [2.45, 2.75) is 45.2 Å². The minimum Gasteiger partial charge on any atom is -0.353 e. The van der Waals surface area contributed by atoms with E-state index in [2.05, 4.69) is 20.5 Å². The first kappa shape index (κ1) is 15.4. The summed E-state index contributed by atoms with van der Waals surface area (Å²) in [6.07, 6.45) is 4.12. The van der Waals surface area contributed by atoms with Crippen LogP contribution in [0.3, 0.4) is 0 Å². The maximum Gasteiger partial charge on any atom is 0.223 e. The fourth-order valence-corrected chi connectivity index (χ4v) is 3.46. The minimum absolute atomic E-state index is 0.0897. The third-order valence-corrected chi connectivity index (χ3v) is 4.91. The number of piperidine rings is 1. The van der Waals surface area contributed by atoms with E-state index in [9.17, 15) is 9.59 Å². The van der Waals surface area contributed by atoms with Crippen molar-refractivity contribution in [1.29, 1.82) is 0 Å². The van der Waals surface area contributed by atoms with Crippen molar-refractivity contribution in [3.8, 4) is 0 Å². The first-order valence-corrected chi connectivity index (χ1v) is 8.73. The fourth-order valence-electron chi connectivity index (χ4n) is 2.72. The molecule has 2 aliphatic rings. The molecule has 3 rings (SSSR count). The zero-order valence-electron chi connectivity index (χ0n) is 12.8. The number of hydrogen-bond acceptors (Lipinski definition) is 5. The summed E-state index contributed by atoms with van der Waals surface area (Å²) in [5, 5.41) is 8.53. The molecule has 22 heavy (non-hydrogen) atoms. The maximum absolute atomic E-state index is 11.8. The van der Waals surface area contributed by atoms with Gasteiger partial charge in [0.15, 0.2) is 5.13 Å². The van der Waals surface area contributed by atoms with Crippen LogP contribution in [0.1, 0.15) is 38.3 Å². The van der Waals surface area contributed by atoms with Gasteiger partial charge in [-0.3, -0.25) is 14.5 Å². The van der Waals surface area contributed by atoms with Crippen molar-refractivity contribution in [3.05, 3.63) is 11.1 Å². The van der Waals surface area contributed by atoms with Gasteiger partial charge in [0, 0.05) is 43.9 Å². The topological polar surface area (TPSA) is 74.3 Å².